The van der Waals surface area contributed by atoms with Gasteiger partial charge in [-0.15, -0.1) is 0 Å². The number of carbonyl (C=O) groups is 2. The van der Waals surface area contributed by atoms with Gasteiger partial charge in [0.1, 0.15) is 5.75 Å². The highest BCUT2D eigenvalue weighted by molar-refractivity contribution is 9.10. The number of carbonyl (C=O) groups excluding carboxylic acids is 2. The Morgan fingerprint density at radius 2 is 1.77 bits per heavy atom. The Labute approximate surface area is 182 Å². The molecule has 150 valence electrons. The lowest BCUT2D eigenvalue weighted by molar-refractivity contribution is -0.119. The van der Waals surface area contributed by atoms with Gasteiger partial charge in [0.05, 0.1) is 12.2 Å². The Hall–Kier alpha value is -3.32. The Morgan fingerprint density at radius 3 is 2.53 bits per heavy atom. The van der Waals surface area contributed by atoms with E-state index in [1.54, 1.807) is 30.3 Å². The third-order valence-electron chi connectivity index (χ3n) is 5.37. The number of benzene rings is 3. The summed E-state index contributed by atoms with van der Waals surface area (Å²) in [5, 5.41) is 6.29. The first kappa shape index (κ1) is 18.7. The fraction of sp³-hybridized carbons (Fsp3) is 0.130. The standard InChI is InChI=1S/C23H18BrN3O3/c1-2-30-16-10-8-15(9-11-16)27-21(28)17-5-3-4-6-19(17)26-23(27)18-13-14(24)7-12-20(18)25-22(23)29/h3-13,26H,2H2,1H3,(H,25,29)/t23-/m1/s1. The van der Waals surface area contributed by atoms with Crippen molar-refractivity contribution in [2.45, 2.75) is 12.6 Å². The maximum absolute atomic E-state index is 13.7. The molecule has 7 heteroatoms. The molecule has 2 aliphatic rings. The molecule has 3 aromatic carbocycles. The molecule has 0 aromatic heterocycles. The predicted octanol–water partition coefficient (Wildman–Crippen LogP) is 4.73. The van der Waals surface area contributed by atoms with E-state index in [1.165, 1.54) is 4.90 Å². The molecule has 1 spiro atoms. The van der Waals surface area contributed by atoms with Gasteiger partial charge in [0, 0.05) is 27.1 Å². The van der Waals surface area contributed by atoms with Crippen molar-refractivity contribution in [2.24, 2.45) is 0 Å². The van der Waals surface area contributed by atoms with Crippen molar-refractivity contribution in [3.05, 3.63) is 82.3 Å². The summed E-state index contributed by atoms with van der Waals surface area (Å²) in [5.41, 5.74) is 1.66. The van der Waals surface area contributed by atoms with Gasteiger partial charge < -0.3 is 15.4 Å². The van der Waals surface area contributed by atoms with Gasteiger partial charge in [0.15, 0.2) is 0 Å². The SMILES string of the molecule is CCOc1ccc(N2C(=O)c3ccccc3N[C@@]23C(=O)Nc2ccc(Br)cc23)cc1. The highest BCUT2D eigenvalue weighted by atomic mass is 79.9. The summed E-state index contributed by atoms with van der Waals surface area (Å²) >= 11 is 3.50. The Bertz CT molecular complexity index is 1180. The molecule has 0 fully saturated rings. The van der Waals surface area contributed by atoms with Crippen LogP contribution < -0.4 is 20.3 Å². The molecule has 2 amide bonds. The molecule has 0 bridgehead atoms. The van der Waals surface area contributed by atoms with Crippen molar-refractivity contribution in [2.75, 3.05) is 22.1 Å². The second-order valence-corrected chi connectivity index (χ2v) is 8.01. The Morgan fingerprint density at radius 1 is 1.00 bits per heavy atom. The van der Waals surface area contributed by atoms with Crippen LogP contribution in [-0.2, 0) is 10.5 Å². The van der Waals surface area contributed by atoms with Crippen molar-refractivity contribution >= 4 is 44.8 Å². The number of ether oxygens (including phenoxy) is 1. The van der Waals surface area contributed by atoms with Gasteiger partial charge in [0.2, 0.25) is 5.66 Å². The normalized spacial score (nSPS) is 19.2. The first-order valence-electron chi connectivity index (χ1n) is 9.60. The average molecular weight is 464 g/mol. The zero-order valence-electron chi connectivity index (χ0n) is 16.1. The first-order valence-corrected chi connectivity index (χ1v) is 10.4. The molecule has 6 nitrogen and oxygen atoms in total. The molecule has 5 rings (SSSR count). The van der Waals surface area contributed by atoms with E-state index in [4.69, 9.17) is 4.74 Å². The van der Waals surface area contributed by atoms with Gasteiger partial charge in [-0.3, -0.25) is 14.5 Å². The van der Waals surface area contributed by atoms with Gasteiger partial charge in [-0.25, -0.2) is 0 Å². The van der Waals surface area contributed by atoms with Crippen LogP contribution in [0.1, 0.15) is 22.8 Å². The molecule has 3 aromatic rings. The van der Waals surface area contributed by atoms with Crippen LogP contribution in [0.15, 0.2) is 71.2 Å². The lowest BCUT2D eigenvalue weighted by atomic mass is 9.92. The fourth-order valence-electron chi connectivity index (χ4n) is 4.08. The number of fused-ring (bicyclic) bond motifs is 3. The highest BCUT2D eigenvalue weighted by Gasteiger charge is 2.57. The maximum atomic E-state index is 13.7. The van der Waals surface area contributed by atoms with Crippen LogP contribution >= 0.6 is 15.9 Å². The molecule has 0 aliphatic carbocycles. The summed E-state index contributed by atoms with van der Waals surface area (Å²) in [4.78, 5) is 28.6. The number of rotatable bonds is 3. The van der Waals surface area contributed by atoms with Crippen LogP contribution in [0.5, 0.6) is 5.75 Å². The fourth-order valence-corrected chi connectivity index (χ4v) is 4.44. The van der Waals surface area contributed by atoms with Crippen molar-refractivity contribution in [1.29, 1.82) is 0 Å². The number of para-hydroxylation sites is 1. The predicted molar refractivity (Wildman–Crippen MR) is 119 cm³/mol. The molecule has 0 saturated carbocycles. The first-order chi connectivity index (χ1) is 14.5. The smallest absolute Gasteiger partial charge is 0.276 e. The van der Waals surface area contributed by atoms with Gasteiger partial charge in [-0.2, -0.15) is 0 Å². The summed E-state index contributed by atoms with van der Waals surface area (Å²) in [6.45, 7) is 2.46. The van der Waals surface area contributed by atoms with Crippen molar-refractivity contribution < 1.29 is 14.3 Å². The Balaban J connectivity index is 1.75. The zero-order valence-corrected chi connectivity index (χ0v) is 17.7. The van der Waals surface area contributed by atoms with E-state index in [1.807, 2.05) is 43.3 Å². The van der Waals surface area contributed by atoms with E-state index >= 15 is 0 Å². The molecule has 2 heterocycles. The lowest BCUT2D eigenvalue weighted by Gasteiger charge is -2.44. The number of hydrogen-bond donors (Lipinski definition) is 2. The van der Waals surface area contributed by atoms with E-state index < -0.39 is 5.66 Å². The van der Waals surface area contributed by atoms with Crippen LogP contribution in [0.2, 0.25) is 0 Å². The second kappa shape index (κ2) is 6.88. The summed E-state index contributed by atoms with van der Waals surface area (Å²) in [6, 6.07) is 20.0. The third kappa shape index (κ3) is 2.62. The molecule has 30 heavy (non-hydrogen) atoms. The minimum absolute atomic E-state index is 0.253. The van der Waals surface area contributed by atoms with Crippen molar-refractivity contribution in [3.8, 4) is 5.75 Å². The van der Waals surface area contributed by atoms with Crippen LogP contribution in [0, 0.1) is 0 Å². The van der Waals surface area contributed by atoms with E-state index in [-0.39, 0.29) is 11.8 Å². The summed E-state index contributed by atoms with van der Waals surface area (Å²) in [5.74, 6) is 0.135. The van der Waals surface area contributed by atoms with Gasteiger partial charge >= 0.3 is 0 Å². The molecule has 0 unspecified atom stereocenters. The Kier molecular flexibility index (Phi) is 4.29. The summed E-state index contributed by atoms with van der Waals surface area (Å²) < 4.78 is 6.35. The van der Waals surface area contributed by atoms with Crippen LogP contribution in [0.25, 0.3) is 0 Å². The summed E-state index contributed by atoms with van der Waals surface area (Å²) in [7, 11) is 0. The van der Waals surface area contributed by atoms with Gasteiger partial charge in [-0.1, -0.05) is 28.1 Å². The highest BCUT2D eigenvalue weighted by Crippen LogP contribution is 2.48. The molecular formula is C23H18BrN3O3. The van der Waals surface area contributed by atoms with Crippen molar-refractivity contribution in [3.63, 3.8) is 0 Å². The van der Waals surface area contributed by atoms with Crippen LogP contribution in [0.3, 0.4) is 0 Å². The topological polar surface area (TPSA) is 70.7 Å². The number of nitrogens with one attached hydrogen (secondary N) is 2. The number of hydrogen-bond acceptors (Lipinski definition) is 4. The minimum atomic E-state index is -1.41. The molecule has 1 atom stereocenters. The van der Waals surface area contributed by atoms with E-state index in [0.29, 0.717) is 40.5 Å². The van der Waals surface area contributed by atoms with Gasteiger partial charge in [0.25, 0.3) is 11.8 Å². The average Bonchev–Trinajstić information content (AvgIpc) is 3.01. The summed E-state index contributed by atoms with van der Waals surface area (Å²) in [6.07, 6.45) is 0. The van der Waals surface area contributed by atoms with Crippen LogP contribution in [0.4, 0.5) is 17.1 Å². The largest absolute Gasteiger partial charge is 0.494 e. The quantitative estimate of drug-likeness (QED) is 0.589. The third-order valence-corrected chi connectivity index (χ3v) is 5.86. The number of amides is 2. The number of halogens is 1. The second-order valence-electron chi connectivity index (χ2n) is 7.09. The molecule has 2 N–H and O–H groups in total. The van der Waals surface area contributed by atoms with Crippen LogP contribution in [-0.4, -0.2) is 18.4 Å². The molecule has 0 radical (unpaired) electrons. The monoisotopic (exact) mass is 463 g/mol. The van der Waals surface area contributed by atoms with E-state index in [0.717, 1.165) is 4.47 Å². The van der Waals surface area contributed by atoms with E-state index in [2.05, 4.69) is 26.6 Å². The maximum Gasteiger partial charge on any atom is 0.276 e. The molecule has 0 saturated heterocycles. The van der Waals surface area contributed by atoms with E-state index in [9.17, 15) is 9.59 Å². The number of nitrogens with zero attached hydrogens (tertiary/aromatic N) is 1. The zero-order chi connectivity index (χ0) is 20.9. The molecular weight excluding hydrogens is 446 g/mol. The van der Waals surface area contributed by atoms with Gasteiger partial charge in [-0.05, 0) is 61.5 Å². The minimum Gasteiger partial charge on any atom is -0.494 e. The lowest BCUT2D eigenvalue weighted by Crippen LogP contribution is -2.61. The molecule has 2 aliphatic heterocycles. The number of anilines is 3. The van der Waals surface area contributed by atoms with Crippen molar-refractivity contribution in [1.82, 2.24) is 0 Å².